The van der Waals surface area contributed by atoms with Gasteiger partial charge in [-0.25, -0.2) is 9.37 Å². The van der Waals surface area contributed by atoms with Crippen molar-refractivity contribution in [3.05, 3.63) is 47.9 Å². The Morgan fingerprint density at radius 2 is 2.31 bits per heavy atom. The molecule has 2 aromatic rings. The second-order valence-electron chi connectivity index (χ2n) is 6.57. The number of carbonyl (C=O) groups is 1. The molecule has 1 aromatic heterocycles. The number of amides is 1. The smallest absolute Gasteiger partial charge is 0.273 e. The van der Waals surface area contributed by atoms with Crippen molar-refractivity contribution in [1.29, 1.82) is 0 Å². The lowest BCUT2D eigenvalue weighted by Crippen LogP contribution is -2.43. The number of nitrogens with one attached hydrogen (secondary N) is 1. The van der Waals surface area contributed by atoms with E-state index in [4.69, 9.17) is 9.15 Å². The summed E-state index contributed by atoms with van der Waals surface area (Å²) in [5.41, 5.74) is 0.109. The number of hydrogen-bond acceptors (Lipinski definition) is 6. The highest BCUT2D eigenvalue weighted by molar-refractivity contribution is 5.92. The summed E-state index contributed by atoms with van der Waals surface area (Å²) < 4.78 is 23.7. The fourth-order valence-corrected chi connectivity index (χ4v) is 2.81. The number of nitrogens with zero attached hydrogens (tertiary/aromatic N) is 2. The second kappa shape index (κ2) is 7.84. The molecule has 1 saturated heterocycles. The highest BCUT2D eigenvalue weighted by Crippen LogP contribution is 2.16. The van der Waals surface area contributed by atoms with Crippen molar-refractivity contribution in [1.82, 2.24) is 15.2 Å². The van der Waals surface area contributed by atoms with E-state index in [9.17, 15) is 14.3 Å². The molecule has 1 aliphatic rings. The first-order valence-electron chi connectivity index (χ1n) is 8.48. The van der Waals surface area contributed by atoms with Crippen LogP contribution in [-0.2, 0) is 6.61 Å². The summed E-state index contributed by atoms with van der Waals surface area (Å²) in [6.45, 7) is 5.16. The van der Waals surface area contributed by atoms with Gasteiger partial charge in [-0.1, -0.05) is 6.07 Å². The Balaban J connectivity index is 1.55. The molecule has 2 N–H and O–H groups in total. The zero-order valence-electron chi connectivity index (χ0n) is 14.7. The molecule has 7 nitrogen and oxygen atoms in total. The number of benzene rings is 1. The van der Waals surface area contributed by atoms with Gasteiger partial charge in [0.15, 0.2) is 12.3 Å². The number of oxazole rings is 1. The maximum absolute atomic E-state index is 13.1. The van der Waals surface area contributed by atoms with Gasteiger partial charge < -0.3 is 19.6 Å². The number of rotatable bonds is 6. The molecule has 1 aromatic carbocycles. The van der Waals surface area contributed by atoms with Crippen molar-refractivity contribution in [2.75, 3.05) is 13.1 Å². The predicted octanol–water partition coefficient (Wildman–Crippen LogP) is 1.58. The molecule has 0 spiro atoms. The molecule has 2 heterocycles. The number of ether oxygens (including phenoxy) is 1. The average molecular weight is 363 g/mol. The minimum absolute atomic E-state index is 0.0239. The molecule has 2 atom stereocenters. The number of aromatic nitrogens is 1. The highest BCUT2D eigenvalue weighted by atomic mass is 19.1. The van der Waals surface area contributed by atoms with E-state index in [1.807, 2.05) is 13.8 Å². The Bertz CT molecular complexity index is 764. The summed E-state index contributed by atoms with van der Waals surface area (Å²) in [6, 6.07) is 5.66. The van der Waals surface area contributed by atoms with Gasteiger partial charge >= 0.3 is 0 Å². The summed E-state index contributed by atoms with van der Waals surface area (Å²) in [4.78, 5) is 18.5. The van der Waals surface area contributed by atoms with E-state index in [0.29, 0.717) is 24.9 Å². The topological polar surface area (TPSA) is 87.8 Å². The third-order valence-corrected chi connectivity index (χ3v) is 4.31. The fourth-order valence-electron chi connectivity index (χ4n) is 2.81. The lowest BCUT2D eigenvalue weighted by molar-refractivity contribution is 0.0883. The van der Waals surface area contributed by atoms with Crippen molar-refractivity contribution < 1.29 is 23.4 Å². The van der Waals surface area contributed by atoms with Crippen molar-refractivity contribution in [2.24, 2.45) is 0 Å². The standard InChI is InChI=1S/C18H22FN3O4/c1-11(2)22-7-14(16(23)8-22)21-18(24)15-9-26-17(20-15)10-25-13-5-3-4-12(19)6-13/h3-6,9,11,14,16,23H,7-8,10H2,1-2H3,(H,21,24)/t14-,16-/m0/s1. The van der Waals surface area contributed by atoms with Crippen molar-refractivity contribution in [3.8, 4) is 5.75 Å². The molecule has 26 heavy (non-hydrogen) atoms. The zero-order chi connectivity index (χ0) is 18.7. The van der Waals surface area contributed by atoms with E-state index in [2.05, 4.69) is 15.2 Å². The molecular formula is C18H22FN3O4. The maximum Gasteiger partial charge on any atom is 0.273 e. The lowest BCUT2D eigenvalue weighted by atomic mass is 10.2. The van der Waals surface area contributed by atoms with Gasteiger partial charge in [0.05, 0.1) is 12.1 Å². The van der Waals surface area contributed by atoms with Crippen LogP contribution in [0.1, 0.15) is 30.2 Å². The van der Waals surface area contributed by atoms with Crippen molar-refractivity contribution in [3.63, 3.8) is 0 Å². The molecule has 1 aliphatic heterocycles. The summed E-state index contributed by atoms with van der Waals surface area (Å²) in [5.74, 6) is -0.270. The molecular weight excluding hydrogens is 341 g/mol. The third kappa shape index (κ3) is 4.39. The van der Waals surface area contributed by atoms with E-state index in [-0.39, 0.29) is 24.2 Å². The van der Waals surface area contributed by atoms with Crippen molar-refractivity contribution >= 4 is 5.91 Å². The van der Waals surface area contributed by atoms with Gasteiger partial charge in [0, 0.05) is 25.2 Å². The van der Waals surface area contributed by atoms with Crippen LogP contribution < -0.4 is 10.1 Å². The van der Waals surface area contributed by atoms with Crippen LogP contribution in [0.25, 0.3) is 0 Å². The summed E-state index contributed by atoms with van der Waals surface area (Å²) >= 11 is 0. The van der Waals surface area contributed by atoms with Crippen LogP contribution >= 0.6 is 0 Å². The van der Waals surface area contributed by atoms with Gasteiger partial charge in [-0.3, -0.25) is 9.69 Å². The zero-order valence-corrected chi connectivity index (χ0v) is 14.7. The molecule has 0 saturated carbocycles. The Morgan fingerprint density at radius 3 is 3.00 bits per heavy atom. The first kappa shape index (κ1) is 18.3. The lowest BCUT2D eigenvalue weighted by Gasteiger charge is -2.19. The van der Waals surface area contributed by atoms with Gasteiger partial charge in [-0.05, 0) is 26.0 Å². The van der Waals surface area contributed by atoms with E-state index < -0.39 is 17.8 Å². The van der Waals surface area contributed by atoms with Crippen LogP contribution in [0.15, 0.2) is 34.9 Å². The minimum Gasteiger partial charge on any atom is -0.484 e. The first-order chi connectivity index (χ1) is 12.4. The molecule has 0 unspecified atom stereocenters. The largest absolute Gasteiger partial charge is 0.484 e. The Morgan fingerprint density at radius 1 is 1.50 bits per heavy atom. The number of β-amino-alcohol motifs (C(OH)–C–C–N with tert-alkyl or cyclic N) is 1. The van der Waals surface area contributed by atoms with Crippen LogP contribution in [-0.4, -0.2) is 52.2 Å². The molecule has 0 radical (unpaired) electrons. The van der Waals surface area contributed by atoms with E-state index in [1.54, 1.807) is 6.07 Å². The Labute approximate surface area is 150 Å². The van der Waals surface area contributed by atoms with Crippen molar-refractivity contribution in [2.45, 2.75) is 38.6 Å². The fraction of sp³-hybridized carbons (Fsp3) is 0.444. The number of halogens is 1. The summed E-state index contributed by atoms with van der Waals surface area (Å²) in [6.07, 6.45) is 0.616. The van der Waals surface area contributed by atoms with Crippen LogP contribution in [0.3, 0.4) is 0 Å². The molecule has 140 valence electrons. The Hall–Kier alpha value is -2.45. The summed E-state index contributed by atoms with van der Waals surface area (Å²) in [7, 11) is 0. The van der Waals surface area contributed by atoms with E-state index in [1.165, 1.54) is 24.5 Å². The minimum atomic E-state index is -0.621. The first-order valence-corrected chi connectivity index (χ1v) is 8.48. The number of aliphatic hydroxyl groups is 1. The van der Waals surface area contributed by atoms with E-state index in [0.717, 1.165) is 0 Å². The van der Waals surface area contributed by atoms with Gasteiger partial charge in [-0.2, -0.15) is 0 Å². The second-order valence-corrected chi connectivity index (χ2v) is 6.57. The van der Waals surface area contributed by atoms with Crippen LogP contribution in [0.2, 0.25) is 0 Å². The predicted molar refractivity (Wildman–Crippen MR) is 91.2 cm³/mol. The normalized spacial score (nSPS) is 20.5. The third-order valence-electron chi connectivity index (χ3n) is 4.31. The van der Waals surface area contributed by atoms with Gasteiger partial charge in [0.25, 0.3) is 5.91 Å². The molecule has 3 rings (SSSR count). The monoisotopic (exact) mass is 363 g/mol. The number of carbonyl (C=O) groups excluding carboxylic acids is 1. The van der Waals surface area contributed by atoms with Crippen LogP contribution in [0.4, 0.5) is 4.39 Å². The summed E-state index contributed by atoms with van der Waals surface area (Å²) in [5, 5.41) is 12.9. The van der Waals surface area contributed by atoms with Crippen LogP contribution in [0.5, 0.6) is 5.75 Å². The SMILES string of the molecule is CC(C)N1C[C@H](NC(=O)c2coc(COc3cccc(F)c3)n2)[C@@H](O)C1. The van der Waals surface area contributed by atoms with Crippen LogP contribution in [0, 0.1) is 5.82 Å². The molecule has 1 amide bonds. The molecule has 8 heteroatoms. The molecule has 1 fully saturated rings. The average Bonchev–Trinajstić information content (AvgIpc) is 3.20. The molecule has 0 aliphatic carbocycles. The van der Waals surface area contributed by atoms with Gasteiger partial charge in [0.2, 0.25) is 5.89 Å². The maximum atomic E-state index is 13.1. The van der Waals surface area contributed by atoms with Gasteiger partial charge in [0.1, 0.15) is 17.8 Å². The Kier molecular flexibility index (Phi) is 5.53. The van der Waals surface area contributed by atoms with E-state index >= 15 is 0 Å². The number of aliphatic hydroxyl groups excluding tert-OH is 1. The number of hydrogen-bond donors (Lipinski definition) is 2. The molecule has 0 bridgehead atoms. The highest BCUT2D eigenvalue weighted by Gasteiger charge is 2.34. The van der Waals surface area contributed by atoms with Gasteiger partial charge in [-0.15, -0.1) is 0 Å². The number of likely N-dealkylation sites (tertiary alicyclic amines) is 1. The quantitative estimate of drug-likeness (QED) is 0.810.